The largest absolute Gasteiger partial charge is 0.497 e. The number of rotatable bonds is 7. The van der Waals surface area contributed by atoms with Crippen molar-refractivity contribution >= 4 is 23.9 Å². The maximum absolute atomic E-state index is 13.6. The second-order valence-corrected chi connectivity index (χ2v) is 12.1. The first-order valence-corrected chi connectivity index (χ1v) is 13.4. The number of carbonyl (C=O) groups is 4. The highest BCUT2D eigenvalue weighted by Crippen LogP contribution is 2.69. The molecule has 10 nitrogen and oxygen atoms in total. The summed E-state index contributed by atoms with van der Waals surface area (Å²) in [5, 5.41) is 12.4. The van der Waals surface area contributed by atoms with E-state index in [0.717, 1.165) is 0 Å². The van der Waals surface area contributed by atoms with Gasteiger partial charge >= 0.3 is 23.9 Å². The molecule has 0 amide bonds. The zero-order valence-corrected chi connectivity index (χ0v) is 24.3. The lowest BCUT2D eigenvalue weighted by molar-refractivity contribution is -0.262. The lowest BCUT2D eigenvalue weighted by Gasteiger charge is -2.65. The molecule has 2 saturated carbocycles. The van der Waals surface area contributed by atoms with Gasteiger partial charge in [-0.2, -0.15) is 0 Å². The van der Waals surface area contributed by atoms with E-state index >= 15 is 0 Å². The third-order valence-electron chi connectivity index (χ3n) is 8.85. The zero-order valence-electron chi connectivity index (χ0n) is 24.3. The van der Waals surface area contributed by atoms with Crippen LogP contribution in [0.15, 0.2) is 23.8 Å². The zero-order chi connectivity index (χ0) is 29.8. The van der Waals surface area contributed by atoms with Gasteiger partial charge in [-0.05, 0) is 42.9 Å². The third-order valence-corrected chi connectivity index (χ3v) is 8.85. The average Bonchev–Trinajstić information content (AvgIpc) is 3.08. The van der Waals surface area contributed by atoms with Gasteiger partial charge in [0.25, 0.3) is 0 Å². The molecule has 4 rings (SSSR count). The van der Waals surface area contributed by atoms with Gasteiger partial charge in [0.1, 0.15) is 41.5 Å². The van der Waals surface area contributed by atoms with E-state index in [2.05, 4.69) is 0 Å². The molecule has 0 spiro atoms. The van der Waals surface area contributed by atoms with Gasteiger partial charge < -0.3 is 28.8 Å². The Labute approximate surface area is 233 Å². The molecule has 218 valence electrons. The highest BCUT2D eigenvalue weighted by atomic mass is 16.6. The number of hydrogen-bond donors (Lipinski definition) is 1. The summed E-state index contributed by atoms with van der Waals surface area (Å²) in [7, 11) is 1.45. The predicted molar refractivity (Wildman–Crippen MR) is 142 cm³/mol. The minimum Gasteiger partial charge on any atom is -0.497 e. The number of aryl methyl sites for hydroxylation is 1. The van der Waals surface area contributed by atoms with Crippen LogP contribution in [0.1, 0.15) is 70.3 Å². The number of benzene rings is 1. The van der Waals surface area contributed by atoms with E-state index in [-0.39, 0.29) is 41.6 Å². The smallest absolute Gasteiger partial charge is 0.342 e. The molecular weight excluding hydrogens is 520 g/mol. The van der Waals surface area contributed by atoms with Gasteiger partial charge in [0.05, 0.1) is 7.11 Å². The highest BCUT2D eigenvalue weighted by molar-refractivity contribution is 5.95. The summed E-state index contributed by atoms with van der Waals surface area (Å²) < 4.78 is 27.6. The van der Waals surface area contributed by atoms with Crippen molar-refractivity contribution in [3.05, 3.63) is 34.9 Å². The molecule has 0 bridgehead atoms. The molecule has 0 radical (unpaired) electrons. The third kappa shape index (κ3) is 4.76. The normalized spacial score (nSPS) is 31.5. The summed E-state index contributed by atoms with van der Waals surface area (Å²) in [4.78, 5) is 49.1. The van der Waals surface area contributed by atoms with E-state index in [9.17, 15) is 24.3 Å². The van der Waals surface area contributed by atoms with Crippen LogP contribution >= 0.6 is 0 Å². The molecule has 0 aromatic heterocycles. The van der Waals surface area contributed by atoms with E-state index in [4.69, 9.17) is 23.7 Å². The monoisotopic (exact) mass is 558 g/mol. The maximum atomic E-state index is 13.6. The molecule has 1 aromatic rings. The first kappa shape index (κ1) is 29.6. The fourth-order valence-electron chi connectivity index (χ4n) is 7.21. The first-order valence-electron chi connectivity index (χ1n) is 13.4. The Morgan fingerprint density at radius 1 is 0.975 bits per heavy atom. The minimum atomic E-state index is -1.69. The number of fused-ring (bicyclic) bond motifs is 3. The molecule has 6 atom stereocenters. The number of ether oxygens (including phenoxy) is 5. The summed E-state index contributed by atoms with van der Waals surface area (Å²) in [6.45, 7) is 11.3. The lowest BCUT2D eigenvalue weighted by atomic mass is 9.43. The van der Waals surface area contributed by atoms with E-state index in [1.807, 2.05) is 26.8 Å². The van der Waals surface area contributed by atoms with Crippen LogP contribution in [0.2, 0.25) is 0 Å². The Hall–Kier alpha value is -3.40. The van der Waals surface area contributed by atoms with Gasteiger partial charge in [0.15, 0.2) is 0 Å². The van der Waals surface area contributed by atoms with Crippen molar-refractivity contribution in [1.82, 2.24) is 0 Å². The van der Waals surface area contributed by atoms with Crippen LogP contribution in [0.4, 0.5) is 0 Å². The maximum Gasteiger partial charge on any atom is 0.342 e. The minimum absolute atomic E-state index is 0.0183. The van der Waals surface area contributed by atoms with Crippen molar-refractivity contribution in [3.63, 3.8) is 0 Å². The molecule has 40 heavy (non-hydrogen) atoms. The second kappa shape index (κ2) is 10.2. The number of aliphatic hydroxyl groups is 1. The summed E-state index contributed by atoms with van der Waals surface area (Å²) in [5.41, 5.74) is -1.98. The van der Waals surface area contributed by atoms with Crippen molar-refractivity contribution < 1.29 is 48.0 Å². The van der Waals surface area contributed by atoms with E-state index in [1.165, 1.54) is 33.9 Å². The van der Waals surface area contributed by atoms with Crippen LogP contribution in [0.3, 0.4) is 0 Å². The fourth-order valence-corrected chi connectivity index (χ4v) is 7.21. The van der Waals surface area contributed by atoms with Gasteiger partial charge in [-0.25, -0.2) is 4.79 Å². The highest BCUT2D eigenvalue weighted by Gasteiger charge is 2.75. The van der Waals surface area contributed by atoms with Gasteiger partial charge in [0, 0.05) is 43.6 Å². The quantitative estimate of drug-likeness (QED) is 0.228. The van der Waals surface area contributed by atoms with Crippen molar-refractivity contribution in [2.24, 2.45) is 22.7 Å². The Morgan fingerprint density at radius 3 is 2.23 bits per heavy atom. The van der Waals surface area contributed by atoms with Crippen LogP contribution in [0.25, 0.3) is 0 Å². The van der Waals surface area contributed by atoms with E-state index in [0.29, 0.717) is 23.3 Å². The molecule has 0 aliphatic heterocycles. The summed E-state index contributed by atoms with van der Waals surface area (Å²) >= 11 is 0. The topological polar surface area (TPSA) is 135 Å². The summed E-state index contributed by atoms with van der Waals surface area (Å²) in [6.07, 6.45) is 1.39. The molecular formula is C30H38O10. The Kier molecular flexibility index (Phi) is 7.55. The molecule has 1 N–H and O–H groups in total. The van der Waals surface area contributed by atoms with Crippen molar-refractivity contribution in [3.8, 4) is 11.5 Å². The second-order valence-electron chi connectivity index (χ2n) is 12.1. The standard InChI is InChI=1S/C30H38O10/c1-15-9-21(36-8)11-22(38-17(3)32)24(15)27(34)40-23-13-29(7)25-19(12-28(5,6)26(25)39-18(4)33)10-20(30(23,29)35)14-37-16(2)31/h9-11,19,23,25-26,35H,12-14H2,1-8H3/t19-,23-,25-,26-,29-,30+/m1/s1. The van der Waals surface area contributed by atoms with E-state index in [1.54, 1.807) is 13.0 Å². The van der Waals surface area contributed by atoms with Crippen LogP contribution in [0.5, 0.6) is 11.5 Å². The van der Waals surface area contributed by atoms with Gasteiger partial charge in [0.2, 0.25) is 0 Å². The molecule has 0 unspecified atom stereocenters. The van der Waals surface area contributed by atoms with Gasteiger partial charge in [-0.3, -0.25) is 14.4 Å². The van der Waals surface area contributed by atoms with Crippen LogP contribution in [-0.4, -0.2) is 60.5 Å². The van der Waals surface area contributed by atoms with Crippen molar-refractivity contribution in [2.45, 2.75) is 79.1 Å². The Balaban J connectivity index is 1.73. The number of carbonyl (C=O) groups excluding carboxylic acids is 4. The molecule has 1 aromatic carbocycles. The Bertz CT molecular complexity index is 1280. The Morgan fingerprint density at radius 2 is 1.65 bits per heavy atom. The molecule has 0 heterocycles. The lowest BCUT2D eigenvalue weighted by Crippen LogP contribution is -2.74. The van der Waals surface area contributed by atoms with Crippen molar-refractivity contribution in [1.29, 1.82) is 0 Å². The summed E-state index contributed by atoms with van der Waals surface area (Å²) in [5.74, 6) is -2.25. The predicted octanol–water partition coefficient (Wildman–Crippen LogP) is 3.69. The summed E-state index contributed by atoms with van der Waals surface area (Å²) in [6, 6.07) is 3.04. The molecule has 2 fully saturated rings. The molecule has 10 heteroatoms. The van der Waals surface area contributed by atoms with Crippen LogP contribution < -0.4 is 9.47 Å². The average molecular weight is 559 g/mol. The van der Waals surface area contributed by atoms with Crippen LogP contribution in [0, 0.1) is 29.6 Å². The number of methoxy groups -OCH3 is 1. The van der Waals surface area contributed by atoms with Crippen LogP contribution in [-0.2, 0) is 28.6 Å². The van der Waals surface area contributed by atoms with E-state index < -0.39 is 47.1 Å². The van der Waals surface area contributed by atoms with Gasteiger partial charge in [-0.15, -0.1) is 0 Å². The first-order chi connectivity index (χ1) is 18.5. The fraction of sp³-hybridized carbons (Fsp3) is 0.600. The molecule has 3 aliphatic carbocycles. The number of hydrogen-bond acceptors (Lipinski definition) is 10. The molecule has 0 saturated heterocycles. The van der Waals surface area contributed by atoms with Crippen molar-refractivity contribution in [2.75, 3.05) is 13.7 Å². The van der Waals surface area contributed by atoms with Gasteiger partial charge in [-0.1, -0.05) is 26.8 Å². The number of allylic oxidation sites excluding steroid dienone is 1. The molecule has 3 aliphatic rings. The SMILES string of the molecule is COc1cc(C)c(C(=O)O[C@@H]2C[C@]3(C)[C@@H]4[C@H](C=C(COC(C)=O)[C@]23O)CC(C)(C)[C@@H]4OC(C)=O)c(OC(C)=O)c1. The number of esters is 4.